The van der Waals surface area contributed by atoms with Crippen molar-refractivity contribution in [1.29, 1.82) is 0 Å². The van der Waals surface area contributed by atoms with E-state index in [1.165, 1.54) is 22.9 Å². The number of rotatable bonds is 6. The number of halogens is 1. The summed E-state index contributed by atoms with van der Waals surface area (Å²) in [7, 11) is 2.02. The molecule has 0 unspecified atom stereocenters. The van der Waals surface area contributed by atoms with Gasteiger partial charge in [-0.2, -0.15) is 11.8 Å². The van der Waals surface area contributed by atoms with Crippen LogP contribution >= 0.6 is 27.7 Å². The van der Waals surface area contributed by atoms with Crippen LogP contribution in [-0.4, -0.2) is 36.3 Å². The summed E-state index contributed by atoms with van der Waals surface area (Å²) in [6.07, 6.45) is 1.84. The maximum atomic E-state index is 12.5. The highest BCUT2D eigenvalue weighted by atomic mass is 79.9. The number of amides is 1. The second kappa shape index (κ2) is 8.80. The third kappa shape index (κ3) is 4.84. The van der Waals surface area contributed by atoms with Crippen LogP contribution in [0.3, 0.4) is 0 Å². The molecule has 27 heavy (non-hydrogen) atoms. The molecular weight excluding hydrogens is 425 g/mol. The Morgan fingerprint density at radius 1 is 1.11 bits per heavy atom. The van der Waals surface area contributed by atoms with Gasteiger partial charge in [0.25, 0.3) is 5.91 Å². The molecule has 2 aromatic carbocycles. The smallest absolute Gasteiger partial charge is 0.332 e. The molecule has 2 aromatic rings. The fraction of sp³-hybridized carbons (Fsp3) is 0.200. The standard InChI is InChI=1S/C20H19BBrNO3S/c21-17-8-13(23-19(24)15-10-27-11-16(15)20(25)26)9-18(22)14(17)7-6-12-4-2-1-3-5-12/h1-5,8-9H,6-7,10-11,21H2,(H,23,24)(H,25,26). The zero-order chi connectivity index (χ0) is 19.4. The molecule has 1 aliphatic heterocycles. The predicted octanol–water partition coefficient (Wildman–Crippen LogP) is 2.56. The van der Waals surface area contributed by atoms with Crippen molar-refractivity contribution in [3.63, 3.8) is 0 Å². The number of hydrogen-bond acceptors (Lipinski definition) is 3. The number of nitrogens with one attached hydrogen (secondary N) is 1. The molecule has 0 aliphatic carbocycles. The maximum absolute atomic E-state index is 12.5. The average Bonchev–Trinajstić information content (AvgIpc) is 3.12. The van der Waals surface area contributed by atoms with Gasteiger partial charge in [0, 0.05) is 27.2 Å². The molecule has 4 nitrogen and oxygen atoms in total. The van der Waals surface area contributed by atoms with Crippen LogP contribution in [0.15, 0.2) is 58.1 Å². The summed E-state index contributed by atoms with van der Waals surface area (Å²) in [5.74, 6) is -0.540. The van der Waals surface area contributed by atoms with Crippen molar-refractivity contribution in [3.05, 3.63) is 69.2 Å². The monoisotopic (exact) mass is 443 g/mol. The fourth-order valence-electron chi connectivity index (χ4n) is 3.11. The average molecular weight is 444 g/mol. The lowest BCUT2D eigenvalue weighted by Gasteiger charge is -2.13. The minimum Gasteiger partial charge on any atom is -0.478 e. The molecule has 0 saturated heterocycles. The third-order valence-corrected chi connectivity index (χ3v) is 6.27. The van der Waals surface area contributed by atoms with Crippen molar-refractivity contribution in [3.8, 4) is 0 Å². The minimum atomic E-state index is -1.02. The van der Waals surface area contributed by atoms with E-state index in [1.807, 2.05) is 38.2 Å². The predicted molar refractivity (Wildman–Crippen MR) is 117 cm³/mol. The summed E-state index contributed by atoms with van der Waals surface area (Å²) in [6, 6.07) is 14.1. The highest BCUT2D eigenvalue weighted by molar-refractivity contribution is 9.10. The first-order valence-electron chi connectivity index (χ1n) is 8.63. The van der Waals surface area contributed by atoms with Gasteiger partial charge < -0.3 is 10.4 Å². The van der Waals surface area contributed by atoms with Crippen LogP contribution in [-0.2, 0) is 22.4 Å². The lowest BCUT2D eigenvalue weighted by molar-refractivity contribution is -0.132. The number of aliphatic carboxylic acids is 1. The number of aryl methyl sites for hydroxylation is 1. The molecule has 0 saturated carbocycles. The SMILES string of the molecule is Bc1cc(NC(=O)C2=C(C(=O)O)CSC2)cc(Br)c1CCc1ccccc1. The first-order valence-corrected chi connectivity index (χ1v) is 10.6. The van der Waals surface area contributed by atoms with E-state index in [2.05, 4.69) is 33.4 Å². The van der Waals surface area contributed by atoms with E-state index in [-0.39, 0.29) is 11.5 Å². The molecule has 1 aliphatic rings. The Bertz CT molecular complexity index is 892. The quantitative estimate of drug-likeness (QED) is 0.673. The molecule has 0 aromatic heterocycles. The molecule has 0 atom stereocenters. The summed E-state index contributed by atoms with van der Waals surface area (Å²) in [5, 5.41) is 12.1. The number of carboxylic acid groups (broad SMARTS) is 1. The molecule has 7 heteroatoms. The number of thioether (sulfide) groups is 1. The van der Waals surface area contributed by atoms with Gasteiger partial charge in [-0.15, -0.1) is 0 Å². The van der Waals surface area contributed by atoms with Crippen molar-refractivity contribution < 1.29 is 14.7 Å². The largest absolute Gasteiger partial charge is 0.478 e. The van der Waals surface area contributed by atoms with E-state index >= 15 is 0 Å². The summed E-state index contributed by atoms with van der Waals surface area (Å²) in [4.78, 5) is 23.7. The number of carbonyl (C=O) groups is 2. The van der Waals surface area contributed by atoms with Crippen molar-refractivity contribution in [2.45, 2.75) is 12.8 Å². The zero-order valence-corrected chi connectivity index (χ0v) is 17.3. The Hall–Kier alpha value is -1.99. The van der Waals surface area contributed by atoms with Crippen LogP contribution in [0.4, 0.5) is 5.69 Å². The molecule has 3 rings (SSSR count). The normalized spacial score (nSPS) is 13.7. The van der Waals surface area contributed by atoms with Gasteiger partial charge >= 0.3 is 5.97 Å². The van der Waals surface area contributed by atoms with Crippen LogP contribution in [0.2, 0.25) is 0 Å². The van der Waals surface area contributed by atoms with E-state index in [0.717, 1.165) is 22.8 Å². The topological polar surface area (TPSA) is 66.4 Å². The molecule has 0 radical (unpaired) electrons. The fourth-order valence-corrected chi connectivity index (χ4v) is 4.98. The molecule has 1 amide bonds. The first kappa shape index (κ1) is 19.8. The van der Waals surface area contributed by atoms with E-state index in [4.69, 9.17) is 0 Å². The Labute approximate surface area is 172 Å². The zero-order valence-electron chi connectivity index (χ0n) is 14.9. The van der Waals surface area contributed by atoms with Crippen LogP contribution in [0.1, 0.15) is 11.1 Å². The molecule has 2 N–H and O–H groups in total. The minimum absolute atomic E-state index is 0.202. The molecule has 0 fully saturated rings. The Kier molecular flexibility index (Phi) is 6.44. The number of carboxylic acids is 1. The molecular formula is C20H19BBrNO3S. The first-order chi connectivity index (χ1) is 13.0. The van der Waals surface area contributed by atoms with Gasteiger partial charge in [0.1, 0.15) is 7.85 Å². The van der Waals surface area contributed by atoms with E-state index in [0.29, 0.717) is 22.8 Å². The molecule has 138 valence electrons. The highest BCUT2D eigenvalue weighted by Crippen LogP contribution is 2.27. The van der Waals surface area contributed by atoms with Gasteiger partial charge in [0.2, 0.25) is 0 Å². The number of hydrogen-bond donors (Lipinski definition) is 2. The third-order valence-electron chi connectivity index (χ3n) is 4.57. The Morgan fingerprint density at radius 2 is 1.81 bits per heavy atom. The van der Waals surface area contributed by atoms with Crippen LogP contribution in [0.25, 0.3) is 0 Å². The van der Waals surface area contributed by atoms with Crippen LogP contribution < -0.4 is 10.8 Å². The summed E-state index contributed by atoms with van der Waals surface area (Å²) in [6.45, 7) is 0. The van der Waals surface area contributed by atoms with Gasteiger partial charge in [-0.1, -0.05) is 51.7 Å². The van der Waals surface area contributed by atoms with Crippen molar-refractivity contribution >= 4 is 58.6 Å². The second-order valence-corrected chi connectivity index (χ2v) is 8.29. The number of carbonyl (C=O) groups excluding carboxylic acids is 1. The van der Waals surface area contributed by atoms with Gasteiger partial charge in [0.15, 0.2) is 0 Å². The Morgan fingerprint density at radius 3 is 2.48 bits per heavy atom. The van der Waals surface area contributed by atoms with Gasteiger partial charge in [-0.25, -0.2) is 4.79 Å². The van der Waals surface area contributed by atoms with Crippen molar-refractivity contribution in [2.75, 3.05) is 16.8 Å². The Balaban J connectivity index is 1.74. The second-order valence-electron chi connectivity index (χ2n) is 6.45. The van der Waals surface area contributed by atoms with E-state index in [9.17, 15) is 14.7 Å². The summed E-state index contributed by atoms with van der Waals surface area (Å²) in [5.41, 5.74) is 4.81. The van der Waals surface area contributed by atoms with Gasteiger partial charge in [0.05, 0.1) is 5.57 Å². The number of anilines is 1. The highest BCUT2D eigenvalue weighted by Gasteiger charge is 2.26. The van der Waals surface area contributed by atoms with Crippen LogP contribution in [0.5, 0.6) is 0 Å². The van der Waals surface area contributed by atoms with Crippen molar-refractivity contribution in [2.24, 2.45) is 0 Å². The molecule has 0 bridgehead atoms. The van der Waals surface area contributed by atoms with Gasteiger partial charge in [-0.3, -0.25) is 4.79 Å². The van der Waals surface area contributed by atoms with E-state index in [1.54, 1.807) is 0 Å². The van der Waals surface area contributed by atoms with E-state index < -0.39 is 5.97 Å². The van der Waals surface area contributed by atoms with Gasteiger partial charge in [-0.05, 0) is 36.1 Å². The molecule has 0 spiro atoms. The summed E-state index contributed by atoms with van der Waals surface area (Å²) >= 11 is 5.06. The van der Waals surface area contributed by atoms with Crippen LogP contribution in [0, 0.1) is 0 Å². The van der Waals surface area contributed by atoms with Crippen molar-refractivity contribution in [1.82, 2.24) is 0 Å². The maximum Gasteiger partial charge on any atom is 0.332 e. The molecule has 1 heterocycles. The lowest BCUT2D eigenvalue weighted by Crippen LogP contribution is -2.20. The summed E-state index contributed by atoms with van der Waals surface area (Å²) < 4.78 is 0.946. The number of benzene rings is 2. The lowest BCUT2D eigenvalue weighted by atomic mass is 9.87.